The highest BCUT2D eigenvalue weighted by Gasteiger charge is 2.32. The number of piperazine rings is 1. The van der Waals surface area contributed by atoms with Crippen LogP contribution in [0, 0.1) is 10.1 Å². The third-order valence-corrected chi connectivity index (χ3v) is 3.74. The second-order valence-corrected chi connectivity index (χ2v) is 5.41. The maximum atomic E-state index is 12.6. The lowest BCUT2D eigenvalue weighted by Crippen LogP contribution is -2.56. The highest BCUT2D eigenvalue weighted by atomic mass is 35.5. The van der Waals surface area contributed by atoms with Crippen LogP contribution in [0.25, 0.3) is 0 Å². The van der Waals surface area contributed by atoms with E-state index in [9.17, 15) is 14.9 Å². The zero-order valence-electron chi connectivity index (χ0n) is 11.3. The molecule has 2 rings (SSSR count). The Morgan fingerprint density at radius 3 is 2.85 bits per heavy atom. The zero-order chi connectivity index (χ0) is 14.9. The molecule has 1 aromatic rings. The van der Waals surface area contributed by atoms with Gasteiger partial charge in [0, 0.05) is 31.2 Å². The van der Waals surface area contributed by atoms with Gasteiger partial charge in [-0.3, -0.25) is 14.9 Å². The summed E-state index contributed by atoms with van der Waals surface area (Å²) in [6.07, 6.45) is 0. The minimum atomic E-state index is -0.574. The lowest BCUT2D eigenvalue weighted by atomic mass is 10.1. The second-order valence-electron chi connectivity index (χ2n) is 5.01. The lowest BCUT2D eigenvalue weighted by Gasteiger charge is -2.37. The van der Waals surface area contributed by atoms with E-state index in [0.29, 0.717) is 13.1 Å². The molecule has 1 N–H and O–H groups in total. The molecule has 1 heterocycles. The van der Waals surface area contributed by atoms with Crippen molar-refractivity contribution in [3.63, 3.8) is 0 Å². The molecular weight excluding hydrogens is 282 g/mol. The minimum absolute atomic E-state index is 0.0277. The standard InChI is InChI=1S/C13H16ClN3O3/c1-8-7-16(9(2)6-15-8)13(18)12-10(14)4-3-5-11(12)17(19)20/h3-5,8-9,15H,6-7H2,1-2H3. The van der Waals surface area contributed by atoms with E-state index in [1.165, 1.54) is 18.2 Å². The van der Waals surface area contributed by atoms with Crippen LogP contribution in [0.2, 0.25) is 5.02 Å². The van der Waals surface area contributed by atoms with Crippen LogP contribution in [0.1, 0.15) is 24.2 Å². The second kappa shape index (κ2) is 5.76. The summed E-state index contributed by atoms with van der Waals surface area (Å²) in [7, 11) is 0. The van der Waals surface area contributed by atoms with Gasteiger partial charge in [-0.25, -0.2) is 0 Å². The van der Waals surface area contributed by atoms with E-state index in [0.717, 1.165) is 0 Å². The zero-order valence-corrected chi connectivity index (χ0v) is 12.1. The quantitative estimate of drug-likeness (QED) is 0.670. The van der Waals surface area contributed by atoms with Gasteiger partial charge < -0.3 is 10.2 Å². The Morgan fingerprint density at radius 2 is 2.20 bits per heavy atom. The average molecular weight is 298 g/mol. The number of carbonyl (C=O) groups is 1. The summed E-state index contributed by atoms with van der Waals surface area (Å²) in [5.41, 5.74) is -0.277. The lowest BCUT2D eigenvalue weighted by molar-refractivity contribution is -0.385. The number of amides is 1. The fourth-order valence-corrected chi connectivity index (χ4v) is 2.58. The number of halogens is 1. The summed E-state index contributed by atoms with van der Waals surface area (Å²) < 4.78 is 0. The fourth-order valence-electron chi connectivity index (χ4n) is 2.32. The molecule has 6 nitrogen and oxygen atoms in total. The minimum Gasteiger partial charge on any atom is -0.333 e. The van der Waals surface area contributed by atoms with Crippen LogP contribution >= 0.6 is 11.6 Å². The number of carbonyl (C=O) groups excluding carboxylic acids is 1. The van der Waals surface area contributed by atoms with Crippen LogP contribution in [-0.2, 0) is 0 Å². The molecule has 0 saturated carbocycles. The van der Waals surface area contributed by atoms with Crippen molar-refractivity contribution < 1.29 is 9.72 Å². The summed E-state index contributed by atoms with van der Waals surface area (Å²) >= 11 is 6.00. The van der Waals surface area contributed by atoms with Gasteiger partial charge in [0.05, 0.1) is 9.95 Å². The summed E-state index contributed by atoms with van der Waals surface area (Å²) in [5, 5.41) is 14.4. The van der Waals surface area contributed by atoms with Crippen molar-refractivity contribution in [3.8, 4) is 0 Å². The molecule has 0 bridgehead atoms. The van der Waals surface area contributed by atoms with Crippen LogP contribution in [0.3, 0.4) is 0 Å². The van der Waals surface area contributed by atoms with Crippen LogP contribution in [0.4, 0.5) is 5.69 Å². The highest BCUT2D eigenvalue weighted by Crippen LogP contribution is 2.28. The molecular formula is C13H16ClN3O3. The fraction of sp³-hybridized carbons (Fsp3) is 0.462. The Hall–Kier alpha value is -1.66. The van der Waals surface area contributed by atoms with E-state index < -0.39 is 4.92 Å². The molecule has 1 aliphatic heterocycles. The average Bonchev–Trinajstić information content (AvgIpc) is 2.40. The van der Waals surface area contributed by atoms with Crippen LogP contribution < -0.4 is 5.32 Å². The van der Waals surface area contributed by atoms with Crippen molar-refractivity contribution in [2.75, 3.05) is 13.1 Å². The van der Waals surface area contributed by atoms with Gasteiger partial charge in [-0.1, -0.05) is 17.7 Å². The first-order valence-electron chi connectivity index (χ1n) is 6.39. The number of benzene rings is 1. The van der Waals surface area contributed by atoms with Crippen molar-refractivity contribution >= 4 is 23.2 Å². The Bertz CT molecular complexity index is 550. The van der Waals surface area contributed by atoms with Gasteiger partial charge in [0.25, 0.3) is 11.6 Å². The van der Waals surface area contributed by atoms with Crippen LogP contribution in [0.5, 0.6) is 0 Å². The molecule has 0 aromatic heterocycles. The number of hydrogen-bond donors (Lipinski definition) is 1. The Labute approximate surface area is 121 Å². The molecule has 2 atom stereocenters. The normalized spacial score (nSPS) is 22.6. The molecule has 0 spiro atoms. The van der Waals surface area contributed by atoms with Gasteiger partial charge in [0.15, 0.2) is 0 Å². The number of hydrogen-bond acceptors (Lipinski definition) is 4. The molecule has 1 aliphatic rings. The first kappa shape index (κ1) is 14.7. The molecule has 0 radical (unpaired) electrons. The maximum absolute atomic E-state index is 12.6. The predicted octanol–water partition coefficient (Wildman–Crippen LogP) is 2.07. The number of nitro benzene ring substituents is 1. The molecule has 1 saturated heterocycles. The maximum Gasteiger partial charge on any atom is 0.283 e. The van der Waals surface area contributed by atoms with E-state index >= 15 is 0 Å². The molecule has 7 heteroatoms. The first-order valence-corrected chi connectivity index (χ1v) is 6.77. The molecule has 2 unspecified atom stereocenters. The Kier molecular flexibility index (Phi) is 4.25. The van der Waals surface area contributed by atoms with Gasteiger partial charge in [0.1, 0.15) is 5.56 Å². The van der Waals surface area contributed by atoms with Crippen molar-refractivity contribution in [2.45, 2.75) is 25.9 Å². The Morgan fingerprint density at radius 1 is 1.50 bits per heavy atom. The first-order chi connectivity index (χ1) is 9.41. The van der Waals surface area contributed by atoms with Gasteiger partial charge >= 0.3 is 0 Å². The smallest absolute Gasteiger partial charge is 0.283 e. The molecule has 20 heavy (non-hydrogen) atoms. The van der Waals surface area contributed by atoms with Crippen molar-refractivity contribution in [1.82, 2.24) is 10.2 Å². The molecule has 1 aromatic carbocycles. The highest BCUT2D eigenvalue weighted by molar-refractivity contribution is 6.34. The van der Waals surface area contributed by atoms with E-state index in [1.54, 1.807) is 4.90 Å². The van der Waals surface area contributed by atoms with Crippen molar-refractivity contribution in [2.24, 2.45) is 0 Å². The van der Waals surface area contributed by atoms with E-state index in [4.69, 9.17) is 11.6 Å². The van der Waals surface area contributed by atoms with E-state index in [2.05, 4.69) is 5.32 Å². The van der Waals surface area contributed by atoms with Crippen molar-refractivity contribution in [3.05, 3.63) is 38.9 Å². The molecule has 108 valence electrons. The van der Waals surface area contributed by atoms with E-state index in [-0.39, 0.29) is 34.3 Å². The SMILES string of the molecule is CC1CN(C(=O)c2c(Cl)cccc2[N+](=O)[O-])C(C)CN1. The monoisotopic (exact) mass is 297 g/mol. The predicted molar refractivity (Wildman–Crippen MR) is 76.1 cm³/mol. The topological polar surface area (TPSA) is 75.5 Å². The summed E-state index contributed by atoms with van der Waals surface area (Å²) in [5.74, 6) is -0.386. The third kappa shape index (κ3) is 2.76. The van der Waals surface area contributed by atoms with E-state index in [1.807, 2.05) is 13.8 Å². The van der Waals surface area contributed by atoms with Crippen molar-refractivity contribution in [1.29, 1.82) is 0 Å². The van der Waals surface area contributed by atoms with Gasteiger partial charge in [-0.05, 0) is 19.9 Å². The number of nitro groups is 1. The molecule has 1 amide bonds. The van der Waals surface area contributed by atoms with Gasteiger partial charge in [0.2, 0.25) is 0 Å². The number of nitrogens with zero attached hydrogens (tertiary/aromatic N) is 2. The van der Waals surface area contributed by atoms with Gasteiger partial charge in [-0.2, -0.15) is 0 Å². The largest absolute Gasteiger partial charge is 0.333 e. The van der Waals surface area contributed by atoms with Crippen LogP contribution in [-0.4, -0.2) is 40.9 Å². The van der Waals surface area contributed by atoms with Gasteiger partial charge in [-0.15, -0.1) is 0 Å². The van der Waals surface area contributed by atoms with Crippen LogP contribution in [0.15, 0.2) is 18.2 Å². The molecule has 1 fully saturated rings. The Balaban J connectivity index is 2.40. The number of rotatable bonds is 2. The molecule has 0 aliphatic carbocycles. The number of nitrogens with one attached hydrogen (secondary N) is 1. The summed E-state index contributed by atoms with van der Waals surface area (Å²) in [4.78, 5) is 24.7. The summed E-state index contributed by atoms with van der Waals surface area (Å²) in [6, 6.07) is 4.39. The summed E-state index contributed by atoms with van der Waals surface area (Å²) in [6.45, 7) is 5.03. The third-order valence-electron chi connectivity index (χ3n) is 3.43.